The Kier molecular flexibility index (Phi) is 5.56. The van der Waals surface area contributed by atoms with Gasteiger partial charge in [-0.25, -0.2) is 10.0 Å². The van der Waals surface area contributed by atoms with E-state index in [1.807, 2.05) is 27.7 Å². The molecule has 2 rings (SSSR count). The fourth-order valence-electron chi connectivity index (χ4n) is 3.00. The number of rotatable bonds is 1. The molecule has 0 amide bonds. The maximum atomic E-state index is 10.7. The zero-order valence-electron chi connectivity index (χ0n) is 13.5. The smallest absolute Gasteiger partial charge is 0.335 e. The first-order valence-corrected chi connectivity index (χ1v) is 7.21. The number of piperidine rings is 1. The van der Waals surface area contributed by atoms with Crippen LogP contribution in [0.3, 0.4) is 0 Å². The van der Waals surface area contributed by atoms with E-state index in [0.717, 1.165) is 0 Å². The summed E-state index contributed by atoms with van der Waals surface area (Å²) >= 11 is 0. The van der Waals surface area contributed by atoms with Crippen molar-refractivity contribution in [3.8, 4) is 5.75 Å². The van der Waals surface area contributed by atoms with Gasteiger partial charge in [0, 0.05) is 12.8 Å². The number of aromatic carboxylic acids is 1. The Balaban J connectivity index is 0.000000224. The van der Waals surface area contributed by atoms with Crippen LogP contribution in [0.1, 0.15) is 50.9 Å². The third-order valence-electron chi connectivity index (χ3n) is 3.89. The first-order valence-electron chi connectivity index (χ1n) is 7.21. The van der Waals surface area contributed by atoms with E-state index >= 15 is 0 Å². The van der Waals surface area contributed by atoms with Crippen LogP contribution in [0.25, 0.3) is 0 Å². The highest BCUT2D eigenvalue weighted by Gasteiger charge is 2.49. The Morgan fingerprint density at radius 1 is 1.18 bits per heavy atom. The molecule has 0 aromatic heterocycles. The Labute approximate surface area is 130 Å². The van der Waals surface area contributed by atoms with Crippen LogP contribution in [-0.2, 0) is 0 Å². The molecule has 1 aromatic carbocycles. The van der Waals surface area contributed by atoms with Gasteiger partial charge >= 0.3 is 5.97 Å². The number of aliphatic hydroxyl groups excluding tert-OH is 1. The summed E-state index contributed by atoms with van der Waals surface area (Å²) in [6, 6.07) is 5.54. The Hall–Kier alpha value is -1.63. The maximum Gasteiger partial charge on any atom is 0.335 e. The van der Waals surface area contributed by atoms with Gasteiger partial charge in [0.15, 0.2) is 0 Å². The highest BCUT2D eigenvalue weighted by Crippen LogP contribution is 2.22. The molecule has 0 bridgehead atoms. The maximum absolute atomic E-state index is 10.7. The molecule has 1 heterocycles. The molecule has 0 unspecified atom stereocenters. The molecule has 1 aliphatic heterocycles. The summed E-state index contributed by atoms with van der Waals surface area (Å²) in [5, 5.41) is 39.0. The first-order chi connectivity index (χ1) is 9.97. The van der Waals surface area contributed by atoms with Gasteiger partial charge in [0.05, 0.1) is 11.7 Å². The second-order valence-electron chi connectivity index (χ2n) is 6.98. The molecule has 0 spiro atoms. The van der Waals surface area contributed by atoms with Crippen LogP contribution in [0, 0.1) is 0 Å². The number of nitrogens with one attached hydrogen (secondary N) is 1. The summed E-state index contributed by atoms with van der Waals surface area (Å²) < 4.78 is 0. The predicted octanol–water partition coefficient (Wildman–Crippen LogP) is 0.431. The number of carboxylic acid groups (broad SMARTS) is 1. The van der Waals surface area contributed by atoms with Gasteiger partial charge in [-0.2, -0.15) is 5.06 Å². The SMILES string of the molecule is CC1(C)CC(O)CC(C)(C)[NH+]1O.O=C(O)c1ccccc1[O-]. The van der Waals surface area contributed by atoms with Gasteiger partial charge in [-0.3, -0.25) is 0 Å². The molecule has 4 N–H and O–H groups in total. The van der Waals surface area contributed by atoms with Gasteiger partial charge in [0.25, 0.3) is 0 Å². The quantitative estimate of drug-likeness (QED) is 0.602. The molecule has 1 aromatic rings. The molecule has 1 fully saturated rings. The number of benzene rings is 1. The van der Waals surface area contributed by atoms with Crippen LogP contribution >= 0.6 is 0 Å². The fourth-order valence-corrected chi connectivity index (χ4v) is 3.00. The number of hydrogen-bond donors (Lipinski definition) is 4. The summed E-state index contributed by atoms with van der Waals surface area (Å²) in [4.78, 5) is 10.2. The molecule has 1 aliphatic rings. The van der Waals surface area contributed by atoms with E-state index in [0.29, 0.717) is 17.9 Å². The minimum Gasteiger partial charge on any atom is -0.872 e. The lowest BCUT2D eigenvalue weighted by Gasteiger charge is -2.45. The summed E-state index contributed by atoms with van der Waals surface area (Å²) in [6.45, 7) is 7.91. The van der Waals surface area contributed by atoms with Gasteiger partial charge in [-0.1, -0.05) is 23.9 Å². The van der Waals surface area contributed by atoms with Crippen LogP contribution in [-0.4, -0.2) is 38.6 Å². The van der Waals surface area contributed by atoms with Crippen molar-refractivity contribution in [3.05, 3.63) is 29.8 Å². The van der Waals surface area contributed by atoms with E-state index in [1.165, 1.54) is 24.3 Å². The van der Waals surface area contributed by atoms with Gasteiger partial charge in [0.2, 0.25) is 0 Å². The van der Waals surface area contributed by atoms with Crippen LogP contribution in [0.15, 0.2) is 24.3 Å². The molecule has 22 heavy (non-hydrogen) atoms. The molecule has 0 atom stereocenters. The Bertz CT molecular complexity index is 509. The lowest BCUT2D eigenvalue weighted by atomic mass is 9.80. The molecule has 0 radical (unpaired) electrons. The van der Waals surface area contributed by atoms with Crippen molar-refractivity contribution >= 4 is 5.97 Å². The van der Waals surface area contributed by atoms with Crippen LogP contribution in [0.2, 0.25) is 0 Å². The van der Waals surface area contributed by atoms with Crippen LogP contribution in [0.5, 0.6) is 5.75 Å². The lowest BCUT2D eigenvalue weighted by molar-refractivity contribution is -1.16. The van der Waals surface area contributed by atoms with Crippen molar-refractivity contribution in [1.82, 2.24) is 0 Å². The van der Waals surface area contributed by atoms with Crippen molar-refractivity contribution in [1.29, 1.82) is 0 Å². The summed E-state index contributed by atoms with van der Waals surface area (Å²) in [6.07, 6.45) is 1.07. The van der Waals surface area contributed by atoms with Gasteiger partial charge in [-0.05, 0) is 33.8 Å². The van der Waals surface area contributed by atoms with Crippen molar-refractivity contribution in [3.63, 3.8) is 0 Å². The zero-order valence-corrected chi connectivity index (χ0v) is 13.5. The van der Waals surface area contributed by atoms with E-state index in [2.05, 4.69) is 0 Å². The third-order valence-corrected chi connectivity index (χ3v) is 3.89. The Morgan fingerprint density at radius 3 is 2.00 bits per heavy atom. The second kappa shape index (κ2) is 6.64. The van der Waals surface area contributed by atoms with E-state index in [9.17, 15) is 20.2 Å². The molecule has 6 nitrogen and oxygen atoms in total. The number of hydrogen-bond acceptors (Lipinski definition) is 4. The minimum atomic E-state index is -1.18. The van der Waals surface area contributed by atoms with Crippen molar-refractivity contribution in [2.45, 2.75) is 57.7 Å². The van der Waals surface area contributed by atoms with E-state index in [4.69, 9.17) is 5.11 Å². The van der Waals surface area contributed by atoms with Crippen LogP contribution in [0.4, 0.5) is 0 Å². The molecule has 6 heteroatoms. The van der Waals surface area contributed by atoms with Crippen molar-refractivity contribution < 1.29 is 30.4 Å². The molecular weight excluding hydrogens is 286 g/mol. The molecule has 0 saturated carbocycles. The predicted molar refractivity (Wildman–Crippen MR) is 79.0 cm³/mol. The van der Waals surface area contributed by atoms with E-state index in [1.54, 1.807) is 0 Å². The largest absolute Gasteiger partial charge is 0.872 e. The minimum absolute atomic E-state index is 0.178. The van der Waals surface area contributed by atoms with Crippen LogP contribution < -0.4 is 10.2 Å². The normalized spacial score (nSPS) is 25.7. The standard InChI is InChI=1S/C9H19NO2.C7H6O3/c1-8(2)5-7(11)6-9(3,4)10(8)12;8-6-4-2-1-3-5(6)7(9)10/h7,11-12H,5-6H2,1-4H3;1-4,8H,(H,9,10). The second-order valence-corrected chi connectivity index (χ2v) is 6.98. The number of quaternary nitrogens is 1. The van der Waals surface area contributed by atoms with E-state index in [-0.39, 0.29) is 22.7 Å². The highest BCUT2D eigenvalue weighted by molar-refractivity contribution is 5.90. The molecule has 0 aliphatic carbocycles. The average Bonchev–Trinajstić information content (AvgIpc) is 2.36. The molecular formula is C16H25NO5. The zero-order chi connectivity index (χ0) is 17.1. The van der Waals surface area contributed by atoms with Crippen molar-refractivity contribution in [2.24, 2.45) is 0 Å². The van der Waals surface area contributed by atoms with Crippen molar-refractivity contribution in [2.75, 3.05) is 0 Å². The number of para-hydroxylation sites is 1. The average molecular weight is 311 g/mol. The highest BCUT2D eigenvalue weighted by atomic mass is 16.5. The fraction of sp³-hybridized carbons (Fsp3) is 0.562. The molecule has 1 saturated heterocycles. The Morgan fingerprint density at radius 2 is 1.64 bits per heavy atom. The summed E-state index contributed by atoms with van der Waals surface area (Å²) in [5.41, 5.74) is -0.648. The van der Waals surface area contributed by atoms with Gasteiger partial charge < -0.3 is 15.3 Å². The lowest BCUT2D eigenvalue weighted by Crippen LogP contribution is -3.25. The van der Waals surface area contributed by atoms with Gasteiger partial charge in [0.1, 0.15) is 11.1 Å². The molecule has 124 valence electrons. The van der Waals surface area contributed by atoms with E-state index < -0.39 is 11.7 Å². The topological polar surface area (TPSA) is 105 Å². The number of carboxylic acids is 1. The summed E-state index contributed by atoms with van der Waals surface area (Å²) in [5.74, 6) is -1.62. The summed E-state index contributed by atoms with van der Waals surface area (Å²) in [7, 11) is 0. The monoisotopic (exact) mass is 311 g/mol. The van der Waals surface area contributed by atoms with Gasteiger partial charge in [-0.15, -0.1) is 0 Å². The third kappa shape index (κ3) is 4.43. The number of aliphatic hydroxyl groups is 1. The first kappa shape index (κ1) is 18.4. The number of hydroxylamine groups is 2. The number of carbonyl (C=O) groups is 1.